The second-order valence-corrected chi connectivity index (χ2v) is 7.13. The van der Waals surface area contributed by atoms with Crippen LogP contribution >= 0.6 is 22.6 Å². The Morgan fingerprint density at radius 3 is 1.85 bits per heavy atom. The van der Waals surface area contributed by atoms with Crippen LogP contribution < -0.4 is 5.73 Å². The molecule has 0 saturated heterocycles. The minimum Gasteiger partial charge on any atom is -0.320 e. The van der Waals surface area contributed by atoms with Crippen LogP contribution in [0.5, 0.6) is 0 Å². The van der Waals surface area contributed by atoms with Crippen molar-refractivity contribution in [3.05, 3.63) is 68.8 Å². The first kappa shape index (κ1) is 15.5. The molecule has 0 aliphatic carbocycles. The number of benzene rings is 2. The minimum absolute atomic E-state index is 0.0502. The zero-order valence-corrected chi connectivity index (χ0v) is 14.5. The highest BCUT2D eigenvalue weighted by atomic mass is 127. The van der Waals surface area contributed by atoms with Crippen molar-refractivity contribution < 1.29 is 0 Å². The molecule has 2 heteroatoms. The lowest BCUT2D eigenvalue weighted by atomic mass is 9.81. The predicted molar refractivity (Wildman–Crippen MR) is 94.9 cm³/mol. The van der Waals surface area contributed by atoms with Crippen LogP contribution in [0.2, 0.25) is 0 Å². The van der Waals surface area contributed by atoms with Gasteiger partial charge in [-0.3, -0.25) is 0 Å². The SMILES string of the molecule is CCC(C)(C)c1ccc(C(N)c2ccc(I)cc2)cc1. The second-order valence-electron chi connectivity index (χ2n) is 5.89. The lowest BCUT2D eigenvalue weighted by Crippen LogP contribution is -2.16. The van der Waals surface area contributed by atoms with E-state index < -0.39 is 0 Å². The van der Waals surface area contributed by atoms with Crippen LogP contribution in [0.3, 0.4) is 0 Å². The number of hydrogen-bond donors (Lipinski definition) is 1. The van der Waals surface area contributed by atoms with Gasteiger partial charge in [0.15, 0.2) is 0 Å². The zero-order chi connectivity index (χ0) is 14.8. The van der Waals surface area contributed by atoms with Gasteiger partial charge in [0.2, 0.25) is 0 Å². The average Bonchev–Trinajstić information content (AvgIpc) is 2.47. The summed E-state index contributed by atoms with van der Waals surface area (Å²) in [6, 6.07) is 17.1. The number of hydrogen-bond acceptors (Lipinski definition) is 1. The van der Waals surface area contributed by atoms with Gasteiger partial charge in [0.25, 0.3) is 0 Å². The van der Waals surface area contributed by atoms with Crippen molar-refractivity contribution >= 4 is 22.6 Å². The van der Waals surface area contributed by atoms with Crippen molar-refractivity contribution in [3.8, 4) is 0 Å². The number of halogens is 1. The maximum atomic E-state index is 6.36. The Kier molecular flexibility index (Phi) is 4.86. The molecule has 0 aliphatic rings. The molecule has 2 aromatic rings. The summed E-state index contributed by atoms with van der Waals surface area (Å²) in [6.45, 7) is 6.79. The molecule has 0 radical (unpaired) electrons. The molecule has 0 saturated carbocycles. The van der Waals surface area contributed by atoms with Crippen LogP contribution in [-0.2, 0) is 5.41 Å². The molecule has 0 aromatic heterocycles. The van der Waals surface area contributed by atoms with E-state index in [1.165, 1.54) is 14.7 Å². The van der Waals surface area contributed by atoms with Gasteiger partial charge >= 0.3 is 0 Å². The lowest BCUT2D eigenvalue weighted by Gasteiger charge is -2.24. The summed E-state index contributed by atoms with van der Waals surface area (Å²) in [5, 5.41) is 0. The molecule has 0 heterocycles. The lowest BCUT2D eigenvalue weighted by molar-refractivity contribution is 0.506. The van der Waals surface area contributed by atoms with E-state index in [0.29, 0.717) is 0 Å². The normalized spacial score (nSPS) is 13.2. The van der Waals surface area contributed by atoms with E-state index in [1.807, 2.05) is 0 Å². The van der Waals surface area contributed by atoms with Crippen LogP contribution in [0.4, 0.5) is 0 Å². The fraction of sp³-hybridized carbons (Fsp3) is 0.333. The molecule has 106 valence electrons. The molecular formula is C18H22IN. The maximum Gasteiger partial charge on any atom is 0.0551 e. The van der Waals surface area contributed by atoms with E-state index in [1.54, 1.807) is 0 Å². The topological polar surface area (TPSA) is 26.0 Å². The van der Waals surface area contributed by atoms with Gasteiger partial charge in [0, 0.05) is 3.57 Å². The Morgan fingerprint density at radius 1 is 0.950 bits per heavy atom. The fourth-order valence-corrected chi connectivity index (χ4v) is 2.57. The molecule has 0 amide bonds. The van der Waals surface area contributed by atoms with Crippen molar-refractivity contribution in [2.24, 2.45) is 5.73 Å². The highest BCUT2D eigenvalue weighted by Crippen LogP contribution is 2.28. The monoisotopic (exact) mass is 379 g/mol. The van der Waals surface area contributed by atoms with Gasteiger partial charge in [-0.15, -0.1) is 0 Å². The second kappa shape index (κ2) is 6.27. The van der Waals surface area contributed by atoms with Crippen LogP contribution in [0, 0.1) is 3.57 Å². The van der Waals surface area contributed by atoms with Gasteiger partial charge < -0.3 is 5.73 Å². The summed E-state index contributed by atoms with van der Waals surface area (Å²) in [5.74, 6) is 0. The molecule has 0 fully saturated rings. The van der Waals surface area contributed by atoms with Crippen molar-refractivity contribution in [3.63, 3.8) is 0 Å². The molecule has 2 N–H and O–H groups in total. The third kappa shape index (κ3) is 3.41. The van der Waals surface area contributed by atoms with E-state index >= 15 is 0 Å². The molecule has 2 aromatic carbocycles. The van der Waals surface area contributed by atoms with Crippen LogP contribution in [0.1, 0.15) is 49.9 Å². The van der Waals surface area contributed by atoms with Crippen LogP contribution in [-0.4, -0.2) is 0 Å². The first-order chi connectivity index (χ1) is 9.44. The third-order valence-corrected chi connectivity index (χ3v) is 4.88. The van der Waals surface area contributed by atoms with Gasteiger partial charge in [-0.25, -0.2) is 0 Å². The fourth-order valence-electron chi connectivity index (χ4n) is 2.21. The molecule has 0 aliphatic heterocycles. The molecule has 2 rings (SSSR count). The molecule has 20 heavy (non-hydrogen) atoms. The van der Waals surface area contributed by atoms with Gasteiger partial charge in [-0.2, -0.15) is 0 Å². The molecule has 1 atom stereocenters. The molecule has 0 bridgehead atoms. The molecule has 1 nitrogen and oxygen atoms in total. The quantitative estimate of drug-likeness (QED) is 0.742. The van der Waals surface area contributed by atoms with E-state index in [-0.39, 0.29) is 11.5 Å². The number of rotatable bonds is 4. The van der Waals surface area contributed by atoms with Crippen molar-refractivity contribution in [1.29, 1.82) is 0 Å². The van der Waals surface area contributed by atoms with Crippen molar-refractivity contribution in [2.75, 3.05) is 0 Å². The van der Waals surface area contributed by atoms with Gasteiger partial charge in [-0.05, 0) is 63.2 Å². The number of nitrogens with two attached hydrogens (primary N) is 1. The van der Waals surface area contributed by atoms with Crippen LogP contribution in [0.15, 0.2) is 48.5 Å². The van der Waals surface area contributed by atoms with E-state index in [9.17, 15) is 0 Å². The zero-order valence-electron chi connectivity index (χ0n) is 12.4. The highest BCUT2D eigenvalue weighted by molar-refractivity contribution is 14.1. The summed E-state index contributed by atoms with van der Waals surface area (Å²) in [7, 11) is 0. The minimum atomic E-state index is -0.0502. The summed E-state index contributed by atoms with van der Waals surface area (Å²) in [4.78, 5) is 0. The maximum absolute atomic E-state index is 6.36. The highest BCUT2D eigenvalue weighted by Gasteiger charge is 2.18. The summed E-state index contributed by atoms with van der Waals surface area (Å²) >= 11 is 2.31. The Balaban J connectivity index is 2.23. The molecular weight excluding hydrogens is 357 g/mol. The van der Waals surface area contributed by atoms with Gasteiger partial charge in [0.1, 0.15) is 0 Å². The molecule has 1 unspecified atom stereocenters. The van der Waals surface area contributed by atoms with E-state index in [0.717, 1.165) is 12.0 Å². The summed E-state index contributed by atoms with van der Waals surface area (Å²) < 4.78 is 1.23. The Labute approximate surface area is 135 Å². The Morgan fingerprint density at radius 2 is 1.40 bits per heavy atom. The smallest absolute Gasteiger partial charge is 0.0551 e. The van der Waals surface area contributed by atoms with E-state index in [2.05, 4.69) is 91.9 Å². The van der Waals surface area contributed by atoms with Gasteiger partial charge in [0.05, 0.1) is 6.04 Å². The summed E-state index contributed by atoms with van der Waals surface area (Å²) in [5.41, 5.74) is 10.3. The summed E-state index contributed by atoms with van der Waals surface area (Å²) in [6.07, 6.45) is 1.13. The Hall–Kier alpha value is -0.870. The standard InChI is InChI=1S/C18H22IN/c1-4-18(2,3)15-9-5-13(6-10-15)17(20)14-7-11-16(19)12-8-14/h5-12,17H,4,20H2,1-3H3. The Bertz CT molecular complexity index is 555. The first-order valence-electron chi connectivity index (χ1n) is 7.05. The predicted octanol–water partition coefficient (Wildman–Crippen LogP) is 5.03. The van der Waals surface area contributed by atoms with Crippen molar-refractivity contribution in [2.45, 2.75) is 38.6 Å². The van der Waals surface area contributed by atoms with Crippen LogP contribution in [0.25, 0.3) is 0 Å². The first-order valence-corrected chi connectivity index (χ1v) is 8.13. The van der Waals surface area contributed by atoms with E-state index in [4.69, 9.17) is 5.73 Å². The molecule has 0 spiro atoms. The van der Waals surface area contributed by atoms with Crippen molar-refractivity contribution in [1.82, 2.24) is 0 Å². The average molecular weight is 379 g/mol. The third-order valence-electron chi connectivity index (χ3n) is 4.16. The van der Waals surface area contributed by atoms with Gasteiger partial charge in [-0.1, -0.05) is 57.2 Å². The largest absolute Gasteiger partial charge is 0.320 e.